The van der Waals surface area contributed by atoms with Crippen LogP contribution in [0.1, 0.15) is 51.9 Å². The number of amides is 1. The summed E-state index contributed by atoms with van der Waals surface area (Å²) in [6.45, 7) is 4.15. The molecule has 0 N–H and O–H groups in total. The number of ether oxygens (including phenoxy) is 1. The Morgan fingerprint density at radius 2 is 1.52 bits per heavy atom. The second-order valence-corrected chi connectivity index (χ2v) is 12.2. The Balaban J connectivity index is 1.19. The maximum atomic E-state index is 13.2. The molecule has 4 aliphatic carbocycles. The minimum Gasteiger partial charge on any atom is -0.494 e. The molecule has 1 aromatic rings. The van der Waals surface area contributed by atoms with Crippen LogP contribution in [-0.2, 0) is 14.8 Å². The van der Waals surface area contributed by atoms with Gasteiger partial charge in [-0.25, -0.2) is 8.42 Å². The molecule has 0 aromatic heterocycles. The van der Waals surface area contributed by atoms with E-state index in [0.29, 0.717) is 45.0 Å². The van der Waals surface area contributed by atoms with E-state index in [1.54, 1.807) is 24.3 Å². The average molecular weight is 447 g/mol. The molecule has 6 nitrogen and oxygen atoms in total. The fraction of sp³-hybridized carbons (Fsp3) is 0.708. The summed E-state index contributed by atoms with van der Waals surface area (Å²) in [7, 11) is -3.55. The molecule has 1 saturated heterocycles. The first kappa shape index (κ1) is 21.3. The van der Waals surface area contributed by atoms with Gasteiger partial charge in [-0.05, 0) is 92.9 Å². The van der Waals surface area contributed by atoms with Crippen molar-refractivity contribution in [2.24, 2.45) is 23.2 Å². The predicted molar refractivity (Wildman–Crippen MR) is 118 cm³/mol. The Hall–Kier alpha value is -1.60. The van der Waals surface area contributed by atoms with Crippen LogP contribution in [0.3, 0.4) is 0 Å². The van der Waals surface area contributed by atoms with E-state index in [0.717, 1.165) is 17.8 Å². The minimum atomic E-state index is -3.55. The predicted octanol–water partition coefficient (Wildman–Crippen LogP) is 3.52. The van der Waals surface area contributed by atoms with Crippen LogP contribution < -0.4 is 4.74 Å². The van der Waals surface area contributed by atoms with Crippen molar-refractivity contribution in [2.75, 3.05) is 32.8 Å². The molecule has 4 saturated carbocycles. The van der Waals surface area contributed by atoms with Gasteiger partial charge in [0.2, 0.25) is 15.9 Å². The van der Waals surface area contributed by atoms with Crippen LogP contribution in [-0.4, -0.2) is 56.3 Å². The standard InChI is InChI=1S/C24H34N2O4S/c1-2-30-21-3-5-22(6-4-21)31(28,29)26-9-7-25(8-10-26)23(27)17-24-14-18-11-19(15-24)13-20(12-18)16-24/h3-6,18-20H,2,7-17H2,1H3. The zero-order valence-electron chi connectivity index (χ0n) is 18.5. The monoisotopic (exact) mass is 446 g/mol. The van der Waals surface area contributed by atoms with Crippen molar-refractivity contribution in [3.05, 3.63) is 24.3 Å². The van der Waals surface area contributed by atoms with Gasteiger partial charge < -0.3 is 9.64 Å². The number of carbonyl (C=O) groups is 1. The van der Waals surface area contributed by atoms with Gasteiger partial charge in [-0.1, -0.05) is 0 Å². The maximum Gasteiger partial charge on any atom is 0.243 e. The van der Waals surface area contributed by atoms with Crippen LogP contribution in [0.25, 0.3) is 0 Å². The van der Waals surface area contributed by atoms with Crippen LogP contribution in [0.4, 0.5) is 0 Å². The van der Waals surface area contributed by atoms with Gasteiger partial charge in [0.15, 0.2) is 0 Å². The lowest BCUT2D eigenvalue weighted by atomic mass is 9.49. The number of hydrogen-bond donors (Lipinski definition) is 0. The van der Waals surface area contributed by atoms with Crippen molar-refractivity contribution < 1.29 is 17.9 Å². The fourth-order valence-corrected chi connectivity index (χ4v) is 8.56. The first-order valence-corrected chi connectivity index (χ1v) is 13.3. The molecule has 1 heterocycles. The van der Waals surface area contributed by atoms with E-state index < -0.39 is 10.0 Å². The van der Waals surface area contributed by atoms with Crippen LogP contribution in [0.5, 0.6) is 5.75 Å². The Labute approximate surface area is 186 Å². The molecule has 170 valence electrons. The van der Waals surface area contributed by atoms with E-state index in [9.17, 15) is 13.2 Å². The third kappa shape index (κ3) is 4.11. The van der Waals surface area contributed by atoms with E-state index in [2.05, 4.69) is 0 Å². The molecule has 5 fully saturated rings. The SMILES string of the molecule is CCOc1ccc(S(=O)(=O)N2CCN(C(=O)CC34CC5CC(CC(C5)C3)C4)CC2)cc1. The van der Waals surface area contributed by atoms with Crippen molar-refractivity contribution >= 4 is 15.9 Å². The highest BCUT2D eigenvalue weighted by molar-refractivity contribution is 7.89. The van der Waals surface area contributed by atoms with Gasteiger partial charge in [0, 0.05) is 32.6 Å². The van der Waals surface area contributed by atoms with Crippen molar-refractivity contribution in [3.63, 3.8) is 0 Å². The maximum absolute atomic E-state index is 13.2. The van der Waals surface area contributed by atoms with Gasteiger partial charge in [0.1, 0.15) is 5.75 Å². The average Bonchev–Trinajstić information content (AvgIpc) is 2.73. The summed E-state index contributed by atoms with van der Waals surface area (Å²) >= 11 is 0. The number of sulfonamides is 1. The van der Waals surface area contributed by atoms with Gasteiger partial charge >= 0.3 is 0 Å². The third-order valence-corrected chi connectivity index (χ3v) is 9.97. The molecule has 0 spiro atoms. The minimum absolute atomic E-state index is 0.233. The quantitative estimate of drug-likeness (QED) is 0.671. The molecular weight excluding hydrogens is 412 g/mol. The molecule has 0 unspecified atom stereocenters. The summed E-state index contributed by atoms with van der Waals surface area (Å²) < 4.78 is 32.9. The number of piperazine rings is 1. The summed E-state index contributed by atoms with van der Waals surface area (Å²) in [5.41, 5.74) is 0.233. The van der Waals surface area contributed by atoms with E-state index in [1.807, 2.05) is 11.8 Å². The largest absolute Gasteiger partial charge is 0.494 e. The summed E-state index contributed by atoms with van der Waals surface area (Å²) in [5, 5.41) is 0. The highest BCUT2D eigenvalue weighted by atomic mass is 32.2. The summed E-state index contributed by atoms with van der Waals surface area (Å²) in [5.74, 6) is 3.43. The normalized spacial score (nSPS) is 32.9. The number of benzene rings is 1. The second kappa shape index (κ2) is 8.07. The molecule has 0 radical (unpaired) electrons. The van der Waals surface area contributed by atoms with Crippen LogP contribution in [0, 0.1) is 23.2 Å². The number of carbonyl (C=O) groups excluding carboxylic acids is 1. The third-order valence-electron chi connectivity index (χ3n) is 8.06. The molecule has 6 rings (SSSR count). The molecule has 1 amide bonds. The Morgan fingerprint density at radius 1 is 0.968 bits per heavy atom. The zero-order valence-corrected chi connectivity index (χ0v) is 19.3. The Morgan fingerprint density at radius 3 is 2.03 bits per heavy atom. The molecule has 7 heteroatoms. The van der Waals surface area contributed by atoms with Crippen LogP contribution >= 0.6 is 0 Å². The van der Waals surface area contributed by atoms with Crippen molar-refractivity contribution in [2.45, 2.75) is 56.8 Å². The molecule has 5 aliphatic rings. The van der Waals surface area contributed by atoms with Crippen molar-refractivity contribution in [3.8, 4) is 5.75 Å². The molecule has 1 aromatic carbocycles. The lowest BCUT2D eigenvalue weighted by molar-refractivity contribution is -0.140. The van der Waals surface area contributed by atoms with Gasteiger partial charge in [0.05, 0.1) is 11.5 Å². The number of nitrogens with zero attached hydrogens (tertiary/aromatic N) is 2. The van der Waals surface area contributed by atoms with Crippen molar-refractivity contribution in [1.82, 2.24) is 9.21 Å². The van der Waals surface area contributed by atoms with Crippen LogP contribution in [0.15, 0.2) is 29.2 Å². The lowest BCUT2D eigenvalue weighted by Gasteiger charge is -2.57. The Bertz CT molecular complexity index is 884. The number of hydrogen-bond acceptors (Lipinski definition) is 4. The van der Waals surface area contributed by atoms with E-state index >= 15 is 0 Å². The highest BCUT2D eigenvalue weighted by Crippen LogP contribution is 2.61. The summed E-state index contributed by atoms with van der Waals surface area (Å²) in [6.07, 6.45) is 8.52. The van der Waals surface area contributed by atoms with Gasteiger partial charge in [-0.3, -0.25) is 4.79 Å². The first-order valence-electron chi connectivity index (χ1n) is 11.9. The summed E-state index contributed by atoms with van der Waals surface area (Å²) in [6, 6.07) is 6.60. The number of rotatable bonds is 6. The second-order valence-electron chi connectivity index (χ2n) is 10.3. The highest BCUT2D eigenvalue weighted by Gasteiger charge is 2.51. The van der Waals surface area contributed by atoms with E-state index in [1.165, 1.54) is 42.8 Å². The molecule has 31 heavy (non-hydrogen) atoms. The fourth-order valence-electron chi connectivity index (χ4n) is 7.14. The van der Waals surface area contributed by atoms with Crippen LogP contribution in [0.2, 0.25) is 0 Å². The van der Waals surface area contributed by atoms with Gasteiger partial charge in [-0.2, -0.15) is 4.31 Å². The molecule has 4 bridgehead atoms. The summed E-state index contributed by atoms with van der Waals surface area (Å²) in [4.78, 5) is 15.3. The van der Waals surface area contributed by atoms with E-state index in [4.69, 9.17) is 4.74 Å². The van der Waals surface area contributed by atoms with Gasteiger partial charge in [0.25, 0.3) is 0 Å². The first-order chi connectivity index (χ1) is 14.9. The smallest absolute Gasteiger partial charge is 0.243 e. The molecule has 1 aliphatic heterocycles. The zero-order chi connectivity index (χ0) is 21.6. The molecule has 0 atom stereocenters. The van der Waals surface area contributed by atoms with E-state index in [-0.39, 0.29) is 16.2 Å². The van der Waals surface area contributed by atoms with Gasteiger partial charge in [-0.15, -0.1) is 0 Å². The Kier molecular flexibility index (Phi) is 5.53. The topological polar surface area (TPSA) is 66.9 Å². The van der Waals surface area contributed by atoms with Crippen molar-refractivity contribution in [1.29, 1.82) is 0 Å². The molecular formula is C24H34N2O4S. The lowest BCUT2D eigenvalue weighted by Crippen LogP contribution is -2.53.